The summed E-state index contributed by atoms with van der Waals surface area (Å²) in [7, 11) is 0. The zero-order valence-electron chi connectivity index (χ0n) is 12.1. The van der Waals surface area contributed by atoms with Crippen LogP contribution in [0.2, 0.25) is 10.0 Å². The molecule has 0 aliphatic carbocycles. The van der Waals surface area contributed by atoms with Crippen LogP contribution in [0.1, 0.15) is 17.8 Å². The predicted octanol–water partition coefficient (Wildman–Crippen LogP) is 4.58. The number of aryl methyl sites for hydroxylation is 2. The summed E-state index contributed by atoms with van der Waals surface area (Å²) >= 11 is 11.8. The number of halogens is 2. The van der Waals surface area contributed by atoms with Crippen LogP contribution in [-0.4, -0.2) is 21.6 Å². The minimum Gasteiger partial charge on any atom is -0.494 e. The molecule has 3 rings (SSSR count). The van der Waals surface area contributed by atoms with Crippen molar-refractivity contribution in [1.29, 1.82) is 0 Å². The lowest BCUT2D eigenvalue weighted by molar-refractivity contribution is 0.310. The summed E-state index contributed by atoms with van der Waals surface area (Å²) in [5.74, 6) is 1.64. The Balaban J connectivity index is 1.54. The average molecular weight is 336 g/mol. The van der Waals surface area contributed by atoms with E-state index in [2.05, 4.69) is 15.0 Å². The van der Waals surface area contributed by atoms with E-state index in [9.17, 15) is 0 Å². The number of aromatic amines is 1. The predicted molar refractivity (Wildman–Crippen MR) is 88.9 cm³/mol. The SMILES string of the molecule is Cc1cnc2nc(CCCOc3ccc(Cl)c(Cl)c3)[nH]c2c1. The Bertz CT molecular complexity index is 801. The standard InChI is InChI=1S/C16H15Cl2N3O/c1-10-7-14-16(19-9-10)21-15(20-14)3-2-6-22-11-4-5-12(17)13(18)8-11/h4-5,7-9H,2-3,6H2,1H3,(H,19,20,21). The van der Waals surface area contributed by atoms with E-state index in [0.29, 0.717) is 16.7 Å². The van der Waals surface area contributed by atoms with Gasteiger partial charge in [0.1, 0.15) is 11.6 Å². The smallest absolute Gasteiger partial charge is 0.177 e. The van der Waals surface area contributed by atoms with Crippen molar-refractivity contribution in [3.63, 3.8) is 0 Å². The van der Waals surface area contributed by atoms with E-state index >= 15 is 0 Å². The largest absolute Gasteiger partial charge is 0.494 e. The zero-order valence-corrected chi connectivity index (χ0v) is 13.6. The lowest BCUT2D eigenvalue weighted by Crippen LogP contribution is -2.00. The summed E-state index contributed by atoms with van der Waals surface area (Å²) in [6, 6.07) is 7.30. The van der Waals surface area contributed by atoms with Gasteiger partial charge >= 0.3 is 0 Å². The highest BCUT2D eigenvalue weighted by molar-refractivity contribution is 6.42. The third kappa shape index (κ3) is 3.51. The maximum Gasteiger partial charge on any atom is 0.177 e. The molecule has 3 aromatic rings. The fraction of sp³-hybridized carbons (Fsp3) is 0.250. The van der Waals surface area contributed by atoms with Crippen molar-refractivity contribution in [1.82, 2.24) is 15.0 Å². The van der Waals surface area contributed by atoms with Crippen LogP contribution in [0, 0.1) is 6.92 Å². The Kier molecular flexibility index (Phi) is 4.50. The minimum atomic E-state index is 0.498. The number of nitrogens with one attached hydrogen (secondary N) is 1. The molecule has 0 radical (unpaired) electrons. The molecule has 0 spiro atoms. The summed E-state index contributed by atoms with van der Waals surface area (Å²) in [6.45, 7) is 2.60. The summed E-state index contributed by atoms with van der Waals surface area (Å²) in [6.07, 6.45) is 3.47. The number of pyridine rings is 1. The number of ether oxygens (including phenoxy) is 1. The van der Waals surface area contributed by atoms with Crippen LogP contribution in [-0.2, 0) is 6.42 Å². The summed E-state index contributed by atoms with van der Waals surface area (Å²) in [5.41, 5.74) is 2.84. The first kappa shape index (κ1) is 15.1. The number of hydrogen-bond acceptors (Lipinski definition) is 3. The molecule has 0 aliphatic rings. The van der Waals surface area contributed by atoms with Crippen LogP contribution in [0.15, 0.2) is 30.5 Å². The molecule has 1 N–H and O–H groups in total. The monoisotopic (exact) mass is 335 g/mol. The van der Waals surface area contributed by atoms with Gasteiger partial charge in [-0.25, -0.2) is 9.97 Å². The number of imidazole rings is 1. The van der Waals surface area contributed by atoms with Crippen LogP contribution in [0.25, 0.3) is 11.2 Å². The van der Waals surface area contributed by atoms with E-state index < -0.39 is 0 Å². The highest BCUT2D eigenvalue weighted by Gasteiger charge is 2.05. The van der Waals surface area contributed by atoms with Gasteiger partial charge in [0.25, 0.3) is 0 Å². The molecule has 6 heteroatoms. The highest BCUT2D eigenvalue weighted by atomic mass is 35.5. The van der Waals surface area contributed by atoms with E-state index in [1.807, 2.05) is 25.3 Å². The summed E-state index contributed by atoms with van der Waals surface area (Å²) in [4.78, 5) is 12.0. The van der Waals surface area contributed by atoms with Crippen molar-refractivity contribution in [3.8, 4) is 5.75 Å². The lowest BCUT2D eigenvalue weighted by Gasteiger charge is -2.06. The van der Waals surface area contributed by atoms with Gasteiger partial charge in [0.05, 0.1) is 22.2 Å². The van der Waals surface area contributed by atoms with Gasteiger partial charge in [0, 0.05) is 18.7 Å². The van der Waals surface area contributed by atoms with E-state index in [-0.39, 0.29) is 0 Å². The highest BCUT2D eigenvalue weighted by Crippen LogP contribution is 2.26. The van der Waals surface area contributed by atoms with E-state index in [1.165, 1.54) is 0 Å². The molecule has 0 saturated heterocycles. The maximum absolute atomic E-state index is 5.95. The quantitative estimate of drug-likeness (QED) is 0.694. The summed E-state index contributed by atoms with van der Waals surface area (Å²) in [5, 5.41) is 1.02. The third-order valence-corrected chi connectivity index (χ3v) is 3.98. The third-order valence-electron chi connectivity index (χ3n) is 3.24. The molecule has 2 aromatic heterocycles. The molecule has 0 bridgehead atoms. The van der Waals surface area contributed by atoms with Crippen LogP contribution in [0.4, 0.5) is 0 Å². The van der Waals surface area contributed by atoms with E-state index in [4.69, 9.17) is 27.9 Å². The molecule has 1 aromatic carbocycles. The van der Waals surface area contributed by atoms with Gasteiger partial charge in [0.2, 0.25) is 0 Å². The molecular formula is C16H15Cl2N3O. The molecule has 0 unspecified atom stereocenters. The summed E-state index contributed by atoms with van der Waals surface area (Å²) < 4.78 is 5.66. The lowest BCUT2D eigenvalue weighted by atomic mass is 10.3. The molecule has 0 fully saturated rings. The zero-order chi connectivity index (χ0) is 15.5. The van der Waals surface area contributed by atoms with Gasteiger partial charge in [0.15, 0.2) is 5.65 Å². The first-order chi connectivity index (χ1) is 10.6. The van der Waals surface area contributed by atoms with Gasteiger partial charge in [-0.3, -0.25) is 0 Å². The first-order valence-electron chi connectivity index (χ1n) is 7.01. The van der Waals surface area contributed by atoms with Crippen LogP contribution in [0.3, 0.4) is 0 Å². The normalized spacial score (nSPS) is 11.0. The second-order valence-corrected chi connectivity index (χ2v) is 5.91. The van der Waals surface area contributed by atoms with Crippen molar-refractivity contribution in [2.45, 2.75) is 19.8 Å². The topological polar surface area (TPSA) is 50.8 Å². The maximum atomic E-state index is 5.95. The molecule has 2 heterocycles. The molecule has 0 atom stereocenters. The molecule has 0 saturated carbocycles. The Morgan fingerprint density at radius 1 is 1.18 bits per heavy atom. The van der Waals surface area contributed by atoms with Crippen LogP contribution in [0.5, 0.6) is 5.75 Å². The average Bonchev–Trinajstić information content (AvgIpc) is 2.89. The van der Waals surface area contributed by atoms with Crippen molar-refractivity contribution in [2.75, 3.05) is 6.61 Å². The van der Waals surface area contributed by atoms with Gasteiger partial charge in [-0.2, -0.15) is 0 Å². The molecule has 114 valence electrons. The Hall–Kier alpha value is -1.78. The number of hydrogen-bond donors (Lipinski definition) is 1. The van der Waals surface area contributed by atoms with Crippen molar-refractivity contribution < 1.29 is 4.74 Å². The molecule has 0 aliphatic heterocycles. The van der Waals surface area contributed by atoms with Gasteiger partial charge < -0.3 is 9.72 Å². The Labute approximate surface area is 138 Å². The van der Waals surface area contributed by atoms with Crippen molar-refractivity contribution in [2.24, 2.45) is 0 Å². The Morgan fingerprint density at radius 2 is 2.05 bits per heavy atom. The van der Waals surface area contributed by atoms with Crippen molar-refractivity contribution >= 4 is 34.4 Å². The molecular weight excluding hydrogens is 321 g/mol. The number of benzene rings is 1. The number of H-pyrrole nitrogens is 1. The first-order valence-corrected chi connectivity index (χ1v) is 7.76. The van der Waals surface area contributed by atoms with Gasteiger partial charge in [-0.1, -0.05) is 23.2 Å². The van der Waals surface area contributed by atoms with Crippen LogP contribution < -0.4 is 4.74 Å². The molecule has 4 nitrogen and oxygen atoms in total. The van der Waals surface area contributed by atoms with Gasteiger partial charge in [-0.05, 0) is 37.1 Å². The van der Waals surface area contributed by atoms with E-state index in [0.717, 1.165) is 41.1 Å². The van der Waals surface area contributed by atoms with Crippen LogP contribution >= 0.6 is 23.2 Å². The Morgan fingerprint density at radius 3 is 2.86 bits per heavy atom. The molecule has 0 amide bonds. The fourth-order valence-corrected chi connectivity index (χ4v) is 2.46. The number of nitrogens with zero attached hydrogens (tertiary/aromatic N) is 2. The minimum absolute atomic E-state index is 0.498. The van der Waals surface area contributed by atoms with Crippen molar-refractivity contribution in [3.05, 3.63) is 51.9 Å². The second kappa shape index (κ2) is 6.55. The molecule has 22 heavy (non-hydrogen) atoms. The fourth-order valence-electron chi connectivity index (χ4n) is 2.17. The number of fused-ring (bicyclic) bond motifs is 1. The second-order valence-electron chi connectivity index (χ2n) is 5.10. The van der Waals surface area contributed by atoms with Gasteiger partial charge in [-0.15, -0.1) is 0 Å². The van der Waals surface area contributed by atoms with E-state index in [1.54, 1.807) is 12.1 Å². The number of aromatic nitrogens is 3. The number of rotatable bonds is 5.